The van der Waals surface area contributed by atoms with Crippen molar-refractivity contribution in [3.8, 4) is 11.1 Å². The third-order valence-electron chi connectivity index (χ3n) is 9.05. The van der Waals surface area contributed by atoms with E-state index in [2.05, 4.69) is 141 Å². The van der Waals surface area contributed by atoms with Crippen LogP contribution in [0, 0.1) is 5.92 Å². The highest BCUT2D eigenvalue weighted by Crippen LogP contribution is 2.47. The summed E-state index contributed by atoms with van der Waals surface area (Å²) in [6.07, 6.45) is 13.8. The Morgan fingerprint density at radius 1 is 0.650 bits per heavy atom. The molecule has 0 bridgehead atoms. The van der Waals surface area contributed by atoms with Gasteiger partial charge in [-0.2, -0.15) is 0 Å². The fourth-order valence-corrected chi connectivity index (χ4v) is 7.24. The highest BCUT2D eigenvalue weighted by Gasteiger charge is 2.38. The summed E-state index contributed by atoms with van der Waals surface area (Å²) < 4.78 is 0. The van der Waals surface area contributed by atoms with Gasteiger partial charge in [-0.3, -0.25) is 0 Å². The lowest BCUT2D eigenvalue weighted by Crippen LogP contribution is -2.31. The summed E-state index contributed by atoms with van der Waals surface area (Å²) in [7, 11) is 0. The highest BCUT2D eigenvalue weighted by molar-refractivity contribution is 7.80. The standard InChI is InChI=1S/C37H36S3/c1-37(31-15-7-26(8-16-31)25-5-3-2-4-6-25,32-17-9-29(23-32)27-10-18-33(38)19-11-27)35-24-30(14-22-36(35)40)28-12-20-34(39)21-13-28/h7-25,32,38-40H,2-6H2,1H3. The van der Waals surface area contributed by atoms with E-state index in [0.29, 0.717) is 5.92 Å². The van der Waals surface area contributed by atoms with Crippen molar-refractivity contribution in [2.45, 2.75) is 65.0 Å². The van der Waals surface area contributed by atoms with Gasteiger partial charge >= 0.3 is 0 Å². The third kappa shape index (κ3) is 5.49. The first kappa shape index (κ1) is 27.6. The molecule has 1 fully saturated rings. The molecule has 2 aliphatic rings. The van der Waals surface area contributed by atoms with Crippen molar-refractivity contribution >= 4 is 43.5 Å². The van der Waals surface area contributed by atoms with Crippen LogP contribution in [0.4, 0.5) is 0 Å². The Bertz CT molecular complexity index is 1540. The van der Waals surface area contributed by atoms with Gasteiger partial charge in [0.25, 0.3) is 0 Å². The molecule has 4 aromatic carbocycles. The topological polar surface area (TPSA) is 0 Å². The highest BCUT2D eigenvalue weighted by atomic mass is 32.1. The first-order valence-electron chi connectivity index (χ1n) is 14.3. The minimum absolute atomic E-state index is 0.180. The third-order valence-corrected chi connectivity index (χ3v) is 10.0. The molecule has 40 heavy (non-hydrogen) atoms. The Labute approximate surface area is 255 Å². The number of allylic oxidation sites excluding steroid dienone is 4. The van der Waals surface area contributed by atoms with Crippen LogP contribution in [0.1, 0.15) is 67.2 Å². The first-order chi connectivity index (χ1) is 19.4. The number of hydrogen-bond donors (Lipinski definition) is 3. The van der Waals surface area contributed by atoms with Crippen LogP contribution in [0.25, 0.3) is 16.7 Å². The smallest absolute Gasteiger partial charge is 0.0283 e. The van der Waals surface area contributed by atoms with Crippen molar-refractivity contribution in [2.24, 2.45) is 5.92 Å². The lowest BCUT2D eigenvalue weighted by Gasteiger charge is -2.37. The van der Waals surface area contributed by atoms with E-state index >= 15 is 0 Å². The number of rotatable bonds is 6. The molecule has 4 aromatic rings. The van der Waals surface area contributed by atoms with Crippen molar-refractivity contribution in [3.63, 3.8) is 0 Å². The minimum atomic E-state index is -0.302. The summed E-state index contributed by atoms with van der Waals surface area (Å²) in [4.78, 5) is 2.97. The van der Waals surface area contributed by atoms with Gasteiger partial charge in [-0.25, -0.2) is 0 Å². The quantitative estimate of drug-likeness (QED) is 0.187. The van der Waals surface area contributed by atoms with Crippen LogP contribution in [0.3, 0.4) is 0 Å². The lowest BCUT2D eigenvalue weighted by molar-refractivity contribution is 0.442. The molecule has 1 saturated carbocycles. The maximum absolute atomic E-state index is 5.05. The lowest BCUT2D eigenvalue weighted by atomic mass is 9.66. The van der Waals surface area contributed by atoms with Gasteiger partial charge < -0.3 is 0 Å². The van der Waals surface area contributed by atoms with Crippen molar-refractivity contribution < 1.29 is 0 Å². The van der Waals surface area contributed by atoms with Crippen molar-refractivity contribution in [2.75, 3.05) is 0 Å². The molecule has 2 atom stereocenters. The van der Waals surface area contributed by atoms with E-state index < -0.39 is 0 Å². The van der Waals surface area contributed by atoms with Crippen LogP contribution in [-0.2, 0) is 5.41 Å². The van der Waals surface area contributed by atoms with E-state index in [1.165, 1.54) is 71.1 Å². The van der Waals surface area contributed by atoms with E-state index in [1.54, 1.807) is 0 Å². The molecule has 0 heterocycles. The van der Waals surface area contributed by atoms with E-state index in [-0.39, 0.29) is 11.3 Å². The van der Waals surface area contributed by atoms with Gasteiger partial charge in [-0.05, 0) is 94.1 Å². The monoisotopic (exact) mass is 576 g/mol. The van der Waals surface area contributed by atoms with Crippen LogP contribution in [0.2, 0.25) is 0 Å². The molecule has 0 radical (unpaired) electrons. The first-order valence-corrected chi connectivity index (χ1v) is 15.7. The zero-order valence-electron chi connectivity index (χ0n) is 22.9. The zero-order valence-corrected chi connectivity index (χ0v) is 25.6. The predicted molar refractivity (Wildman–Crippen MR) is 179 cm³/mol. The van der Waals surface area contributed by atoms with Crippen LogP contribution in [-0.4, -0.2) is 0 Å². The number of thiol groups is 3. The average molecular weight is 577 g/mol. The summed E-state index contributed by atoms with van der Waals surface area (Å²) in [5.41, 5.74) is 8.61. The average Bonchev–Trinajstić information content (AvgIpc) is 3.49. The second-order valence-corrected chi connectivity index (χ2v) is 13.0. The molecule has 0 amide bonds. The molecule has 3 heteroatoms. The summed E-state index contributed by atoms with van der Waals surface area (Å²) in [6, 6.07) is 33.1. The van der Waals surface area contributed by atoms with Gasteiger partial charge in [-0.1, -0.05) is 99.0 Å². The fraction of sp³-hybridized carbons (Fsp3) is 0.243. The van der Waals surface area contributed by atoms with Gasteiger partial charge in [0.1, 0.15) is 0 Å². The van der Waals surface area contributed by atoms with E-state index in [0.717, 1.165) is 14.7 Å². The molecule has 0 spiro atoms. The molecular weight excluding hydrogens is 541 g/mol. The van der Waals surface area contributed by atoms with E-state index in [1.807, 2.05) is 0 Å². The van der Waals surface area contributed by atoms with E-state index in [4.69, 9.17) is 12.6 Å². The zero-order chi connectivity index (χ0) is 27.7. The maximum atomic E-state index is 5.05. The Morgan fingerprint density at radius 2 is 1.25 bits per heavy atom. The molecule has 0 nitrogen and oxygen atoms in total. The molecule has 0 aliphatic heterocycles. The van der Waals surface area contributed by atoms with Crippen molar-refractivity contribution in [1.29, 1.82) is 0 Å². The summed E-state index contributed by atoms with van der Waals surface area (Å²) >= 11 is 14.0. The molecule has 202 valence electrons. The number of hydrogen-bond acceptors (Lipinski definition) is 3. The molecule has 0 N–H and O–H groups in total. The summed E-state index contributed by atoms with van der Waals surface area (Å²) in [5.74, 6) is 0.875. The van der Waals surface area contributed by atoms with Gasteiger partial charge in [0.2, 0.25) is 0 Å². The van der Waals surface area contributed by atoms with Gasteiger partial charge in [-0.15, -0.1) is 37.9 Å². The van der Waals surface area contributed by atoms with Crippen molar-refractivity contribution in [3.05, 3.63) is 131 Å². The van der Waals surface area contributed by atoms with Crippen molar-refractivity contribution in [1.82, 2.24) is 0 Å². The van der Waals surface area contributed by atoms with Crippen LogP contribution >= 0.6 is 37.9 Å². The summed E-state index contributed by atoms with van der Waals surface area (Å²) in [5, 5.41) is 0. The van der Waals surface area contributed by atoms with E-state index in [9.17, 15) is 0 Å². The largest absolute Gasteiger partial charge is 0.143 e. The Hall–Kier alpha value is -2.59. The Kier molecular flexibility index (Phi) is 8.08. The van der Waals surface area contributed by atoms with Gasteiger partial charge in [0.05, 0.1) is 0 Å². The maximum Gasteiger partial charge on any atom is 0.0283 e. The number of benzene rings is 4. The van der Waals surface area contributed by atoms with Gasteiger partial charge in [0, 0.05) is 26.0 Å². The molecular formula is C37H36S3. The molecule has 6 rings (SSSR count). The molecule has 0 aromatic heterocycles. The Morgan fingerprint density at radius 3 is 1.90 bits per heavy atom. The molecule has 0 saturated heterocycles. The Balaban J connectivity index is 1.45. The second-order valence-electron chi connectivity index (χ2n) is 11.5. The minimum Gasteiger partial charge on any atom is -0.143 e. The summed E-state index contributed by atoms with van der Waals surface area (Å²) in [6.45, 7) is 2.39. The SMILES string of the molecule is CC(c1ccc(C2CCCCC2)cc1)(c1cc(-c2ccc(S)cc2)ccc1S)C1C=CC(c2ccc(S)cc2)=C1. The van der Waals surface area contributed by atoms with Crippen LogP contribution in [0.5, 0.6) is 0 Å². The second kappa shape index (κ2) is 11.7. The molecule has 2 unspecified atom stereocenters. The normalized spacial score (nSPS) is 18.9. The van der Waals surface area contributed by atoms with Crippen LogP contribution < -0.4 is 0 Å². The van der Waals surface area contributed by atoms with Gasteiger partial charge in [0.15, 0.2) is 0 Å². The van der Waals surface area contributed by atoms with Crippen LogP contribution in [0.15, 0.2) is 124 Å². The fourth-order valence-electron chi connectivity index (χ4n) is 6.57. The molecule has 2 aliphatic carbocycles. The predicted octanol–water partition coefficient (Wildman–Crippen LogP) is 10.8.